The average molecular weight is 535 g/mol. The van der Waals surface area contributed by atoms with E-state index in [0.717, 1.165) is 39.5 Å². The second-order valence-electron chi connectivity index (χ2n) is 9.24. The van der Waals surface area contributed by atoms with E-state index < -0.39 is 0 Å². The van der Waals surface area contributed by atoms with E-state index in [1.165, 1.54) is 0 Å². The van der Waals surface area contributed by atoms with Gasteiger partial charge in [0.25, 0.3) is 0 Å². The van der Waals surface area contributed by atoms with Crippen molar-refractivity contribution >= 4 is 23.0 Å². The molecule has 2 heterocycles. The van der Waals surface area contributed by atoms with Gasteiger partial charge in [0.1, 0.15) is 0 Å². The molecule has 0 fully saturated rings. The molecule has 1 aliphatic heterocycles. The van der Waals surface area contributed by atoms with Crippen molar-refractivity contribution < 1.29 is 9.47 Å². The van der Waals surface area contributed by atoms with Crippen molar-refractivity contribution in [2.75, 3.05) is 19.2 Å². The summed E-state index contributed by atoms with van der Waals surface area (Å²) in [5.74, 6) is 1.32. The highest BCUT2D eigenvalue weighted by Gasteiger charge is 2.33. The van der Waals surface area contributed by atoms with Crippen molar-refractivity contribution in [1.82, 2.24) is 9.78 Å². The Bertz CT molecular complexity index is 1620. The minimum absolute atomic E-state index is 0.0846. The third kappa shape index (κ3) is 4.87. The maximum Gasteiger partial charge on any atom is 0.161 e. The Labute approximate surface area is 232 Å². The highest BCUT2D eigenvalue weighted by Crippen LogP contribution is 2.42. The van der Waals surface area contributed by atoms with E-state index in [9.17, 15) is 0 Å². The van der Waals surface area contributed by atoms with Gasteiger partial charge in [-0.05, 0) is 60.2 Å². The normalized spacial score (nSPS) is 14.8. The van der Waals surface area contributed by atoms with E-state index in [1.807, 2.05) is 83.5 Å². The summed E-state index contributed by atoms with van der Waals surface area (Å²) in [6.45, 7) is 0. The number of hydrogen-bond donors (Lipinski definition) is 0. The van der Waals surface area contributed by atoms with E-state index >= 15 is 0 Å². The second-order valence-corrected chi connectivity index (χ2v) is 9.67. The summed E-state index contributed by atoms with van der Waals surface area (Å²) in [6.07, 6.45) is 2.82. The van der Waals surface area contributed by atoms with E-state index in [4.69, 9.17) is 31.3 Å². The van der Waals surface area contributed by atoms with Gasteiger partial charge in [0.2, 0.25) is 0 Å². The summed E-state index contributed by atoms with van der Waals surface area (Å²) < 4.78 is 13.1. The number of nitrogens with zero attached hydrogens (tertiary/aromatic N) is 4. The zero-order valence-electron chi connectivity index (χ0n) is 21.7. The quantitative estimate of drug-likeness (QED) is 0.216. The monoisotopic (exact) mass is 534 g/mol. The van der Waals surface area contributed by atoms with Gasteiger partial charge in [0, 0.05) is 28.8 Å². The first-order valence-corrected chi connectivity index (χ1v) is 13.1. The van der Waals surface area contributed by atoms with Crippen LogP contribution in [0.3, 0.4) is 0 Å². The van der Waals surface area contributed by atoms with E-state index in [0.29, 0.717) is 22.9 Å². The van der Waals surface area contributed by atoms with Crippen LogP contribution in [0.25, 0.3) is 16.9 Å². The van der Waals surface area contributed by atoms with Crippen molar-refractivity contribution in [2.45, 2.75) is 12.5 Å². The van der Waals surface area contributed by atoms with Crippen LogP contribution in [0.4, 0.5) is 5.69 Å². The summed E-state index contributed by atoms with van der Waals surface area (Å²) in [4.78, 5) is 0. The van der Waals surface area contributed by atoms with Crippen molar-refractivity contribution in [3.05, 3.63) is 125 Å². The lowest BCUT2D eigenvalue weighted by Crippen LogP contribution is -2.18. The lowest BCUT2D eigenvalue weighted by Gasteiger charge is -2.23. The number of benzene rings is 4. The minimum atomic E-state index is -0.0846. The van der Waals surface area contributed by atoms with Crippen LogP contribution in [0, 0.1) is 0 Å². The van der Waals surface area contributed by atoms with Gasteiger partial charge in [-0.1, -0.05) is 60.1 Å². The van der Waals surface area contributed by atoms with Crippen molar-refractivity contribution in [1.29, 1.82) is 0 Å². The number of ether oxygens (including phenoxy) is 2. The number of rotatable bonds is 7. The molecular weight excluding hydrogens is 508 g/mol. The molecule has 0 saturated heterocycles. The number of hydrazone groups is 1. The van der Waals surface area contributed by atoms with Crippen LogP contribution in [0.1, 0.15) is 23.6 Å². The molecule has 1 atom stereocenters. The number of methoxy groups -OCH3 is 2. The van der Waals surface area contributed by atoms with Crippen LogP contribution in [-0.2, 0) is 0 Å². The maximum absolute atomic E-state index is 6.18. The third-order valence-corrected chi connectivity index (χ3v) is 7.14. The van der Waals surface area contributed by atoms with E-state index in [-0.39, 0.29) is 6.04 Å². The molecule has 194 valence electrons. The molecule has 0 amide bonds. The van der Waals surface area contributed by atoms with Gasteiger partial charge in [-0.2, -0.15) is 10.2 Å². The molecule has 0 N–H and O–H groups in total. The lowest BCUT2D eigenvalue weighted by atomic mass is 9.96. The molecule has 6 rings (SSSR count). The third-order valence-electron chi connectivity index (χ3n) is 6.89. The fourth-order valence-electron chi connectivity index (χ4n) is 4.94. The maximum atomic E-state index is 6.18. The minimum Gasteiger partial charge on any atom is -0.493 e. The van der Waals surface area contributed by atoms with Crippen LogP contribution in [0.15, 0.2) is 114 Å². The van der Waals surface area contributed by atoms with Gasteiger partial charge < -0.3 is 9.47 Å². The molecule has 5 aromatic rings. The molecule has 1 aliphatic rings. The van der Waals surface area contributed by atoms with Gasteiger partial charge >= 0.3 is 0 Å². The van der Waals surface area contributed by atoms with Crippen LogP contribution in [0.5, 0.6) is 11.5 Å². The first-order valence-electron chi connectivity index (χ1n) is 12.7. The average Bonchev–Trinajstić information content (AvgIpc) is 3.63. The van der Waals surface area contributed by atoms with E-state index in [1.54, 1.807) is 14.2 Å². The first-order chi connectivity index (χ1) is 19.1. The van der Waals surface area contributed by atoms with E-state index in [2.05, 4.69) is 35.5 Å². The van der Waals surface area contributed by atoms with Crippen molar-refractivity contribution in [3.8, 4) is 28.4 Å². The largest absolute Gasteiger partial charge is 0.493 e. The lowest BCUT2D eigenvalue weighted by molar-refractivity contribution is 0.355. The fraction of sp³-hybridized carbons (Fsp3) is 0.125. The smallest absolute Gasteiger partial charge is 0.161 e. The van der Waals surface area contributed by atoms with Crippen LogP contribution in [-0.4, -0.2) is 29.7 Å². The Morgan fingerprint density at radius 1 is 0.744 bits per heavy atom. The molecule has 1 aromatic heterocycles. The summed E-state index contributed by atoms with van der Waals surface area (Å²) in [5.41, 5.74) is 6.88. The fourth-order valence-corrected chi connectivity index (χ4v) is 5.07. The summed E-state index contributed by atoms with van der Waals surface area (Å²) in [7, 11) is 3.28. The summed E-state index contributed by atoms with van der Waals surface area (Å²) >= 11 is 6.18. The second kappa shape index (κ2) is 10.7. The number of anilines is 1. The molecule has 0 radical (unpaired) electrons. The molecule has 4 aromatic carbocycles. The zero-order chi connectivity index (χ0) is 26.8. The molecule has 6 nitrogen and oxygen atoms in total. The van der Waals surface area contributed by atoms with Gasteiger partial charge in [-0.3, -0.25) is 5.01 Å². The Morgan fingerprint density at radius 3 is 2.05 bits per heavy atom. The van der Waals surface area contributed by atoms with Crippen LogP contribution < -0.4 is 14.5 Å². The SMILES string of the molecule is COc1ccc(-c2nn(-c3ccccc3)cc2C2CC(c3ccc(Cl)cc3)=NN2c2ccccc2)cc1OC. The zero-order valence-corrected chi connectivity index (χ0v) is 22.4. The summed E-state index contributed by atoms with van der Waals surface area (Å²) in [6, 6.07) is 34.1. The summed E-state index contributed by atoms with van der Waals surface area (Å²) in [5, 5.41) is 13.0. The first kappa shape index (κ1) is 24.8. The van der Waals surface area contributed by atoms with Crippen molar-refractivity contribution in [2.24, 2.45) is 5.10 Å². The van der Waals surface area contributed by atoms with Crippen LogP contribution >= 0.6 is 11.6 Å². The Morgan fingerprint density at radius 2 is 1.38 bits per heavy atom. The Kier molecular flexibility index (Phi) is 6.78. The van der Waals surface area contributed by atoms with Gasteiger partial charge in [-0.15, -0.1) is 0 Å². The Hall–Kier alpha value is -4.55. The van der Waals surface area contributed by atoms with Gasteiger partial charge in [0.15, 0.2) is 11.5 Å². The number of para-hydroxylation sites is 2. The topological polar surface area (TPSA) is 51.9 Å². The molecule has 0 spiro atoms. The standard InChI is InChI=1S/C32H27ClN4O2/c1-38-30-18-15-23(19-31(30)39-2)32-27(21-36(35-32)25-9-5-3-6-10-25)29-20-28(22-13-16-24(33)17-14-22)34-37(29)26-11-7-4-8-12-26/h3-19,21,29H,20H2,1-2H3. The number of aromatic nitrogens is 2. The molecule has 39 heavy (non-hydrogen) atoms. The molecule has 0 aliphatic carbocycles. The highest BCUT2D eigenvalue weighted by molar-refractivity contribution is 6.30. The molecule has 0 bridgehead atoms. The Balaban J connectivity index is 1.51. The molecule has 7 heteroatoms. The van der Waals surface area contributed by atoms with Gasteiger partial charge in [0.05, 0.1) is 43.0 Å². The predicted molar refractivity (Wildman–Crippen MR) is 156 cm³/mol. The van der Waals surface area contributed by atoms with Crippen LogP contribution in [0.2, 0.25) is 5.02 Å². The number of hydrogen-bond acceptors (Lipinski definition) is 5. The highest BCUT2D eigenvalue weighted by atomic mass is 35.5. The van der Waals surface area contributed by atoms with Crippen molar-refractivity contribution in [3.63, 3.8) is 0 Å². The molecule has 1 unspecified atom stereocenters. The number of halogens is 1. The predicted octanol–water partition coefficient (Wildman–Crippen LogP) is 7.57. The molecule has 0 saturated carbocycles. The van der Waals surface area contributed by atoms with Gasteiger partial charge in [-0.25, -0.2) is 4.68 Å². The molecular formula is C32H27ClN4O2.